The van der Waals surface area contributed by atoms with Crippen LogP contribution in [0.25, 0.3) is 11.0 Å². The predicted octanol–water partition coefficient (Wildman–Crippen LogP) is 2.42. The lowest BCUT2D eigenvalue weighted by atomic mass is 10.1. The maximum atomic E-state index is 13.0. The third kappa shape index (κ3) is 2.31. The molecule has 0 atom stereocenters. The van der Waals surface area contributed by atoms with Gasteiger partial charge in [-0.05, 0) is 24.3 Å². The number of pyridine rings is 1. The quantitative estimate of drug-likeness (QED) is 0.725. The monoisotopic (exact) mass is 268 g/mol. The van der Waals surface area contributed by atoms with Gasteiger partial charge in [0.25, 0.3) is 5.91 Å². The Morgan fingerprint density at radius 3 is 2.70 bits per heavy atom. The van der Waals surface area contributed by atoms with Crippen molar-refractivity contribution in [1.82, 2.24) is 15.0 Å². The number of amides is 1. The molecule has 0 aliphatic heterocycles. The van der Waals surface area contributed by atoms with E-state index < -0.39 is 11.9 Å². The number of anilines is 1. The van der Waals surface area contributed by atoms with Crippen molar-refractivity contribution in [2.24, 2.45) is 0 Å². The summed E-state index contributed by atoms with van der Waals surface area (Å²) in [6, 6.07) is 9.30. The van der Waals surface area contributed by atoms with Crippen molar-refractivity contribution in [3.8, 4) is 0 Å². The first-order chi connectivity index (χ1) is 9.74. The summed E-state index contributed by atoms with van der Waals surface area (Å²) < 4.78 is 13.0. The topological polar surface area (TPSA) is 67.8 Å². The Bertz CT molecular complexity index is 785. The standard InChI is InChI=1S/C14H9FN4O/c15-11-5-2-6-12(18-11)19-14(20)9-3-1-4-10-13(9)17-8-7-16-10/h1-8H,(H,18,19,20). The summed E-state index contributed by atoms with van der Waals surface area (Å²) in [5, 5.41) is 2.53. The van der Waals surface area contributed by atoms with Crippen LogP contribution >= 0.6 is 0 Å². The molecule has 3 rings (SSSR count). The van der Waals surface area contributed by atoms with Crippen LogP contribution in [-0.4, -0.2) is 20.9 Å². The fourth-order valence-electron chi connectivity index (χ4n) is 1.84. The number of nitrogens with zero attached hydrogens (tertiary/aromatic N) is 3. The van der Waals surface area contributed by atoms with Crippen molar-refractivity contribution in [2.75, 3.05) is 5.32 Å². The first-order valence-electron chi connectivity index (χ1n) is 5.88. The lowest BCUT2D eigenvalue weighted by molar-refractivity contribution is 0.102. The van der Waals surface area contributed by atoms with E-state index in [2.05, 4.69) is 20.3 Å². The highest BCUT2D eigenvalue weighted by molar-refractivity contribution is 6.10. The van der Waals surface area contributed by atoms with Gasteiger partial charge in [0.15, 0.2) is 0 Å². The van der Waals surface area contributed by atoms with Crippen LogP contribution in [0.5, 0.6) is 0 Å². The Kier molecular flexibility index (Phi) is 3.04. The molecule has 20 heavy (non-hydrogen) atoms. The Labute approximate surface area is 113 Å². The molecule has 0 saturated heterocycles. The summed E-state index contributed by atoms with van der Waals surface area (Å²) in [6.45, 7) is 0. The van der Waals surface area contributed by atoms with Crippen molar-refractivity contribution >= 4 is 22.8 Å². The van der Waals surface area contributed by atoms with Crippen LogP contribution < -0.4 is 5.32 Å². The zero-order valence-corrected chi connectivity index (χ0v) is 10.2. The summed E-state index contributed by atoms with van der Waals surface area (Å²) in [4.78, 5) is 24.1. The van der Waals surface area contributed by atoms with Gasteiger partial charge in [-0.25, -0.2) is 4.98 Å². The normalized spacial score (nSPS) is 10.4. The van der Waals surface area contributed by atoms with Crippen molar-refractivity contribution in [2.45, 2.75) is 0 Å². The molecule has 1 aromatic carbocycles. The average molecular weight is 268 g/mol. The smallest absolute Gasteiger partial charge is 0.259 e. The number of aromatic nitrogens is 3. The van der Waals surface area contributed by atoms with E-state index in [0.29, 0.717) is 16.6 Å². The first-order valence-corrected chi connectivity index (χ1v) is 5.88. The number of benzene rings is 1. The van der Waals surface area contributed by atoms with Crippen LogP contribution in [0.1, 0.15) is 10.4 Å². The highest BCUT2D eigenvalue weighted by Crippen LogP contribution is 2.15. The summed E-state index contributed by atoms with van der Waals surface area (Å²) in [7, 11) is 0. The molecule has 3 aromatic rings. The minimum atomic E-state index is -0.652. The molecule has 5 nitrogen and oxygen atoms in total. The molecule has 0 bridgehead atoms. The number of rotatable bonds is 2. The van der Waals surface area contributed by atoms with E-state index in [0.717, 1.165) is 0 Å². The zero-order valence-electron chi connectivity index (χ0n) is 10.2. The van der Waals surface area contributed by atoms with E-state index in [1.54, 1.807) is 24.4 Å². The van der Waals surface area contributed by atoms with Gasteiger partial charge in [0, 0.05) is 12.4 Å². The number of nitrogens with one attached hydrogen (secondary N) is 1. The van der Waals surface area contributed by atoms with Gasteiger partial charge in [-0.15, -0.1) is 0 Å². The lowest BCUT2D eigenvalue weighted by Crippen LogP contribution is -2.14. The molecule has 1 N–H and O–H groups in total. The van der Waals surface area contributed by atoms with E-state index in [4.69, 9.17) is 0 Å². The second kappa shape index (κ2) is 5.00. The number of hydrogen-bond donors (Lipinski definition) is 1. The van der Waals surface area contributed by atoms with E-state index in [-0.39, 0.29) is 5.82 Å². The Morgan fingerprint density at radius 1 is 1.05 bits per heavy atom. The van der Waals surface area contributed by atoms with Gasteiger partial charge in [0.05, 0.1) is 11.1 Å². The minimum absolute atomic E-state index is 0.149. The second-order valence-corrected chi connectivity index (χ2v) is 4.03. The first kappa shape index (κ1) is 12.2. The molecular formula is C14H9FN4O. The van der Waals surface area contributed by atoms with Gasteiger partial charge in [0.2, 0.25) is 5.95 Å². The maximum Gasteiger partial charge on any atom is 0.259 e. The van der Waals surface area contributed by atoms with Crippen LogP contribution in [0.4, 0.5) is 10.2 Å². The second-order valence-electron chi connectivity index (χ2n) is 4.03. The molecule has 0 saturated carbocycles. The van der Waals surface area contributed by atoms with E-state index in [1.807, 2.05) is 0 Å². The third-order valence-corrected chi connectivity index (χ3v) is 2.70. The van der Waals surface area contributed by atoms with Gasteiger partial charge in [0.1, 0.15) is 11.3 Å². The van der Waals surface area contributed by atoms with Crippen LogP contribution in [0.2, 0.25) is 0 Å². The molecule has 2 heterocycles. The van der Waals surface area contributed by atoms with E-state index in [9.17, 15) is 9.18 Å². The molecule has 98 valence electrons. The molecule has 1 amide bonds. The van der Waals surface area contributed by atoms with Crippen molar-refractivity contribution in [1.29, 1.82) is 0 Å². The van der Waals surface area contributed by atoms with Crippen molar-refractivity contribution in [3.05, 3.63) is 60.3 Å². The number of fused-ring (bicyclic) bond motifs is 1. The maximum absolute atomic E-state index is 13.0. The number of halogens is 1. The summed E-state index contributed by atoms with van der Waals surface area (Å²) in [6.07, 6.45) is 3.07. The van der Waals surface area contributed by atoms with Crippen molar-refractivity contribution in [3.63, 3.8) is 0 Å². The molecule has 0 radical (unpaired) electrons. The van der Waals surface area contributed by atoms with Crippen LogP contribution in [0, 0.1) is 5.95 Å². The highest BCUT2D eigenvalue weighted by Gasteiger charge is 2.12. The third-order valence-electron chi connectivity index (χ3n) is 2.70. The number of carbonyl (C=O) groups is 1. The van der Waals surface area contributed by atoms with Crippen LogP contribution in [0.15, 0.2) is 48.8 Å². The Balaban J connectivity index is 1.97. The summed E-state index contributed by atoms with van der Waals surface area (Å²) in [5.74, 6) is -0.911. The fourth-order valence-corrected chi connectivity index (χ4v) is 1.84. The molecule has 2 aromatic heterocycles. The minimum Gasteiger partial charge on any atom is -0.306 e. The van der Waals surface area contributed by atoms with E-state index >= 15 is 0 Å². The lowest BCUT2D eigenvalue weighted by Gasteiger charge is -2.06. The summed E-state index contributed by atoms with van der Waals surface area (Å²) in [5.41, 5.74) is 1.47. The fraction of sp³-hybridized carbons (Fsp3) is 0. The van der Waals surface area contributed by atoms with E-state index in [1.165, 1.54) is 24.4 Å². The number of hydrogen-bond acceptors (Lipinski definition) is 4. The molecule has 6 heteroatoms. The number of para-hydroxylation sites is 1. The van der Waals surface area contributed by atoms with Crippen LogP contribution in [0.3, 0.4) is 0 Å². The Morgan fingerprint density at radius 2 is 1.85 bits per heavy atom. The molecular weight excluding hydrogens is 259 g/mol. The number of carbonyl (C=O) groups excluding carboxylic acids is 1. The van der Waals surface area contributed by atoms with Gasteiger partial charge >= 0.3 is 0 Å². The van der Waals surface area contributed by atoms with Crippen molar-refractivity contribution < 1.29 is 9.18 Å². The SMILES string of the molecule is O=C(Nc1cccc(F)n1)c1cccc2nccnc12. The molecule has 0 aliphatic carbocycles. The van der Waals surface area contributed by atoms with Gasteiger partial charge < -0.3 is 5.32 Å². The molecule has 0 fully saturated rings. The van der Waals surface area contributed by atoms with Gasteiger partial charge in [-0.3, -0.25) is 14.8 Å². The predicted molar refractivity (Wildman–Crippen MR) is 71.7 cm³/mol. The highest BCUT2D eigenvalue weighted by atomic mass is 19.1. The van der Waals surface area contributed by atoms with Gasteiger partial charge in [-0.2, -0.15) is 4.39 Å². The molecule has 0 aliphatic rings. The molecule has 0 unspecified atom stereocenters. The summed E-state index contributed by atoms with van der Waals surface area (Å²) >= 11 is 0. The Hall–Kier alpha value is -2.89. The average Bonchev–Trinajstić information content (AvgIpc) is 2.46. The molecule has 0 spiro atoms. The van der Waals surface area contributed by atoms with Gasteiger partial charge in [-0.1, -0.05) is 12.1 Å². The van der Waals surface area contributed by atoms with Crippen LogP contribution in [-0.2, 0) is 0 Å². The zero-order chi connectivity index (χ0) is 13.9. The largest absolute Gasteiger partial charge is 0.306 e.